The fourth-order valence-electron chi connectivity index (χ4n) is 3.08. The maximum Gasteiger partial charge on any atom is 0.291 e. The van der Waals surface area contributed by atoms with Gasteiger partial charge in [0.1, 0.15) is 0 Å². The third kappa shape index (κ3) is 3.36. The number of nitrogens with one attached hydrogen (secondary N) is 1. The maximum atomic E-state index is 13.0. The van der Waals surface area contributed by atoms with Crippen LogP contribution in [-0.2, 0) is 5.54 Å². The smallest absolute Gasteiger partial charge is 0.291 e. The van der Waals surface area contributed by atoms with Crippen molar-refractivity contribution in [1.29, 1.82) is 0 Å². The number of amides is 1. The molecule has 3 aromatic rings. The van der Waals surface area contributed by atoms with Crippen molar-refractivity contribution in [2.24, 2.45) is 0 Å². The molecule has 148 valence electrons. The van der Waals surface area contributed by atoms with Crippen LogP contribution in [-0.4, -0.2) is 30.9 Å². The van der Waals surface area contributed by atoms with Gasteiger partial charge in [-0.1, -0.05) is 11.3 Å². The molecule has 0 saturated heterocycles. The average molecular weight is 406 g/mol. The van der Waals surface area contributed by atoms with Gasteiger partial charge in [0.15, 0.2) is 10.7 Å². The maximum absolute atomic E-state index is 13.0. The van der Waals surface area contributed by atoms with E-state index in [4.69, 9.17) is 4.98 Å². The summed E-state index contributed by atoms with van der Waals surface area (Å²) in [5.74, 6) is -0.0886. The third-order valence-corrected chi connectivity index (χ3v) is 5.40. The van der Waals surface area contributed by atoms with E-state index in [1.54, 1.807) is 6.07 Å². The number of alkyl halides is 2. The molecule has 0 spiro atoms. The van der Waals surface area contributed by atoms with Crippen LogP contribution < -0.4 is 5.32 Å². The first kappa shape index (κ1) is 18.9. The summed E-state index contributed by atoms with van der Waals surface area (Å²) in [5, 5.41) is 14.5. The van der Waals surface area contributed by atoms with Crippen LogP contribution in [0.2, 0.25) is 0 Å². The lowest BCUT2D eigenvalue weighted by molar-refractivity contribution is 0.102. The first-order chi connectivity index (χ1) is 13.1. The number of pyridine rings is 1. The molecule has 1 N–H and O–H groups in total. The van der Waals surface area contributed by atoms with Crippen molar-refractivity contribution in [3.8, 4) is 0 Å². The second-order valence-electron chi connectivity index (χ2n) is 7.94. The topological polar surface area (TPSA) is 85.6 Å². The van der Waals surface area contributed by atoms with E-state index in [-0.39, 0.29) is 10.7 Å². The largest absolute Gasteiger partial charge is 0.296 e. The number of anilines is 1. The summed E-state index contributed by atoms with van der Waals surface area (Å²) in [5.41, 5.74) is 2.32. The normalized spacial score (nSPS) is 14.8. The number of halogens is 2. The number of hydrogen-bond acceptors (Lipinski definition) is 6. The molecule has 1 aliphatic carbocycles. The summed E-state index contributed by atoms with van der Waals surface area (Å²) in [6, 6.07) is 1.78. The lowest BCUT2D eigenvalue weighted by Gasteiger charge is -2.20. The van der Waals surface area contributed by atoms with E-state index in [1.165, 1.54) is 0 Å². The Labute approximate surface area is 164 Å². The van der Waals surface area contributed by atoms with Crippen LogP contribution >= 0.6 is 11.3 Å². The lowest BCUT2D eigenvalue weighted by Crippen LogP contribution is -2.23. The molecule has 4 rings (SSSR count). The molecule has 1 aliphatic rings. The minimum Gasteiger partial charge on any atom is -0.296 e. The molecule has 10 heteroatoms. The molecule has 1 fully saturated rings. The Morgan fingerprint density at radius 3 is 2.61 bits per heavy atom. The second-order valence-corrected chi connectivity index (χ2v) is 8.94. The van der Waals surface area contributed by atoms with Gasteiger partial charge in [-0.05, 0) is 46.6 Å². The fraction of sp³-hybridized carbons (Fsp3) is 0.500. The quantitative estimate of drug-likeness (QED) is 0.693. The van der Waals surface area contributed by atoms with Crippen molar-refractivity contribution in [3.05, 3.63) is 28.0 Å². The molecule has 28 heavy (non-hydrogen) atoms. The Kier molecular flexibility index (Phi) is 4.40. The van der Waals surface area contributed by atoms with E-state index < -0.39 is 17.3 Å². The highest BCUT2D eigenvalue weighted by Gasteiger charge is 2.30. The predicted octanol–water partition coefficient (Wildman–Crippen LogP) is 4.41. The van der Waals surface area contributed by atoms with Gasteiger partial charge in [0.25, 0.3) is 12.3 Å². The van der Waals surface area contributed by atoms with Gasteiger partial charge in [-0.2, -0.15) is 5.10 Å². The summed E-state index contributed by atoms with van der Waals surface area (Å²) in [6.07, 6.45) is -0.642. The highest BCUT2D eigenvalue weighted by molar-refractivity contribution is 7.15. The SMILES string of the molecule is Cc1nn(C(C)(C)C)c2nc(C3CC3)cc(C(=O)Nc3nnc(C(F)F)s3)c12. The van der Waals surface area contributed by atoms with Gasteiger partial charge in [-0.3, -0.25) is 10.1 Å². The summed E-state index contributed by atoms with van der Waals surface area (Å²) in [6.45, 7) is 7.91. The lowest BCUT2D eigenvalue weighted by atomic mass is 10.1. The number of carbonyl (C=O) groups is 1. The van der Waals surface area contributed by atoms with E-state index in [1.807, 2.05) is 32.4 Å². The first-order valence-corrected chi connectivity index (χ1v) is 9.80. The summed E-state index contributed by atoms with van der Waals surface area (Å²) >= 11 is 0.665. The number of rotatable bonds is 4. The zero-order valence-electron chi connectivity index (χ0n) is 16.0. The molecule has 0 bridgehead atoms. The number of nitrogens with zero attached hydrogens (tertiary/aromatic N) is 5. The highest BCUT2D eigenvalue weighted by atomic mass is 32.1. The Morgan fingerprint density at radius 2 is 2.04 bits per heavy atom. The first-order valence-electron chi connectivity index (χ1n) is 8.99. The molecular weight excluding hydrogens is 386 g/mol. The minimum atomic E-state index is -2.72. The van der Waals surface area contributed by atoms with Crippen LogP contribution in [0.4, 0.5) is 13.9 Å². The molecule has 3 heterocycles. The van der Waals surface area contributed by atoms with Crippen molar-refractivity contribution >= 4 is 33.4 Å². The van der Waals surface area contributed by atoms with Crippen LogP contribution in [0, 0.1) is 6.92 Å². The van der Waals surface area contributed by atoms with Gasteiger partial charge in [-0.15, -0.1) is 10.2 Å². The van der Waals surface area contributed by atoms with E-state index >= 15 is 0 Å². The summed E-state index contributed by atoms with van der Waals surface area (Å²) in [7, 11) is 0. The molecule has 0 atom stereocenters. The second kappa shape index (κ2) is 6.54. The van der Waals surface area contributed by atoms with Crippen molar-refractivity contribution in [1.82, 2.24) is 25.0 Å². The standard InChI is InChI=1S/C18H20F2N6OS/c1-8-12-10(15(27)22-17-24-23-16(28-17)13(19)20)7-11(9-5-6-9)21-14(12)26(25-8)18(2,3)4/h7,9,13H,5-6H2,1-4H3,(H,22,24,27). The molecule has 7 nitrogen and oxygen atoms in total. The van der Waals surface area contributed by atoms with Gasteiger partial charge in [0, 0.05) is 11.6 Å². The van der Waals surface area contributed by atoms with Crippen LogP contribution in [0.25, 0.3) is 11.0 Å². The Balaban J connectivity index is 1.80. The highest BCUT2D eigenvalue weighted by Crippen LogP contribution is 2.41. The van der Waals surface area contributed by atoms with Gasteiger partial charge >= 0.3 is 0 Å². The van der Waals surface area contributed by atoms with Crippen molar-refractivity contribution < 1.29 is 13.6 Å². The Bertz CT molecular complexity index is 1060. The Morgan fingerprint density at radius 1 is 1.32 bits per heavy atom. The number of fused-ring (bicyclic) bond motifs is 1. The van der Waals surface area contributed by atoms with Crippen LogP contribution in [0.3, 0.4) is 0 Å². The summed E-state index contributed by atoms with van der Waals surface area (Å²) in [4.78, 5) is 17.8. The summed E-state index contributed by atoms with van der Waals surface area (Å²) < 4.78 is 27.3. The number of hydrogen-bond donors (Lipinski definition) is 1. The Hall–Kier alpha value is -2.49. The minimum absolute atomic E-state index is 0.0408. The van der Waals surface area contributed by atoms with E-state index in [0.717, 1.165) is 18.5 Å². The number of carbonyl (C=O) groups excluding carboxylic acids is 1. The molecule has 1 saturated carbocycles. The van der Waals surface area contributed by atoms with Crippen LogP contribution in [0.1, 0.15) is 72.7 Å². The zero-order chi connectivity index (χ0) is 20.2. The molecule has 0 radical (unpaired) electrons. The van der Waals surface area contributed by atoms with Gasteiger partial charge in [0.05, 0.1) is 22.2 Å². The van der Waals surface area contributed by atoms with Gasteiger partial charge in [-0.25, -0.2) is 18.4 Å². The van der Waals surface area contributed by atoms with E-state index in [0.29, 0.717) is 39.5 Å². The molecule has 0 aliphatic heterocycles. The molecule has 3 aromatic heterocycles. The predicted molar refractivity (Wildman–Crippen MR) is 102 cm³/mol. The van der Waals surface area contributed by atoms with Crippen LogP contribution in [0.5, 0.6) is 0 Å². The van der Waals surface area contributed by atoms with Gasteiger partial charge < -0.3 is 0 Å². The molecule has 1 amide bonds. The fourth-order valence-corrected chi connectivity index (χ4v) is 3.68. The molecule has 0 unspecified atom stereocenters. The van der Waals surface area contributed by atoms with Crippen molar-refractivity contribution in [2.45, 2.75) is 58.4 Å². The van der Waals surface area contributed by atoms with E-state index in [2.05, 4.69) is 20.6 Å². The van der Waals surface area contributed by atoms with Gasteiger partial charge in [0.2, 0.25) is 5.13 Å². The molecular formula is C18H20F2N6OS. The monoisotopic (exact) mass is 406 g/mol. The van der Waals surface area contributed by atoms with Crippen molar-refractivity contribution in [3.63, 3.8) is 0 Å². The van der Waals surface area contributed by atoms with E-state index in [9.17, 15) is 13.6 Å². The third-order valence-electron chi connectivity index (χ3n) is 4.56. The number of aryl methyl sites for hydroxylation is 1. The van der Waals surface area contributed by atoms with Crippen molar-refractivity contribution in [2.75, 3.05) is 5.32 Å². The number of aromatic nitrogens is 5. The average Bonchev–Trinajstić information content (AvgIpc) is 3.26. The zero-order valence-corrected chi connectivity index (χ0v) is 16.8. The molecule has 0 aromatic carbocycles. The van der Waals surface area contributed by atoms with Crippen LogP contribution in [0.15, 0.2) is 6.07 Å².